The Morgan fingerprint density at radius 2 is 2.00 bits per heavy atom. The summed E-state index contributed by atoms with van der Waals surface area (Å²) in [6, 6.07) is 7.49. The van der Waals surface area contributed by atoms with Crippen LogP contribution in [0.3, 0.4) is 0 Å². The van der Waals surface area contributed by atoms with Crippen LogP contribution in [0.1, 0.15) is 37.8 Å². The molecule has 19 heavy (non-hydrogen) atoms. The lowest BCUT2D eigenvalue weighted by Gasteiger charge is -2.10. The second-order valence-corrected chi connectivity index (χ2v) is 4.27. The summed E-state index contributed by atoms with van der Waals surface area (Å²) in [4.78, 5) is 4.15. The van der Waals surface area contributed by atoms with E-state index < -0.39 is 6.10 Å². The fourth-order valence-corrected chi connectivity index (χ4v) is 1.83. The van der Waals surface area contributed by atoms with Crippen molar-refractivity contribution < 1.29 is 9.84 Å². The highest BCUT2D eigenvalue weighted by Gasteiger charge is 2.06. The smallest absolute Gasteiger partial charge is 0.164 e. The maximum atomic E-state index is 9.71. The molecule has 102 valence electrons. The van der Waals surface area contributed by atoms with E-state index in [1.165, 1.54) is 6.33 Å². The molecule has 0 aliphatic carbocycles. The highest BCUT2D eigenvalue weighted by atomic mass is 16.5. The van der Waals surface area contributed by atoms with Gasteiger partial charge in [-0.25, -0.2) is 9.67 Å². The van der Waals surface area contributed by atoms with Gasteiger partial charge in [0.25, 0.3) is 0 Å². The van der Waals surface area contributed by atoms with Gasteiger partial charge in [-0.15, -0.1) is 0 Å². The molecule has 1 unspecified atom stereocenters. The average Bonchev–Trinajstić information content (AvgIpc) is 2.92. The Morgan fingerprint density at radius 3 is 2.63 bits per heavy atom. The van der Waals surface area contributed by atoms with Crippen LogP contribution >= 0.6 is 0 Å². The third kappa shape index (κ3) is 3.32. The van der Waals surface area contributed by atoms with Crippen LogP contribution in [0.15, 0.2) is 30.6 Å². The van der Waals surface area contributed by atoms with E-state index in [0.717, 1.165) is 23.7 Å². The lowest BCUT2D eigenvalue weighted by Crippen LogP contribution is -2.07. The third-order valence-electron chi connectivity index (χ3n) is 3.01. The number of aryl methyl sites for hydroxylation is 1. The van der Waals surface area contributed by atoms with E-state index in [1.807, 2.05) is 38.1 Å². The van der Waals surface area contributed by atoms with Gasteiger partial charge in [0.05, 0.1) is 6.10 Å². The van der Waals surface area contributed by atoms with Crippen LogP contribution in [-0.2, 0) is 13.2 Å². The van der Waals surface area contributed by atoms with Crippen molar-refractivity contribution in [3.8, 4) is 5.75 Å². The predicted molar refractivity (Wildman–Crippen MR) is 71.7 cm³/mol. The molecule has 1 N–H and O–H groups in total. The minimum atomic E-state index is -0.405. The van der Waals surface area contributed by atoms with Gasteiger partial charge >= 0.3 is 0 Å². The number of aromatic nitrogens is 3. The standard InChI is InChI=1S/C14H19N3O2/c1-3-13(18)11-5-7-12(8-6-11)19-9-14-15-10-16-17(14)4-2/h5-8,10,13,18H,3-4,9H2,1-2H3. The molecule has 0 amide bonds. The Hall–Kier alpha value is -1.88. The first-order valence-electron chi connectivity index (χ1n) is 6.52. The van der Waals surface area contributed by atoms with Crippen molar-refractivity contribution in [2.24, 2.45) is 0 Å². The van der Waals surface area contributed by atoms with Crippen LogP contribution < -0.4 is 4.74 Å². The molecule has 1 aromatic heterocycles. The van der Waals surface area contributed by atoms with Crippen LogP contribution in [0.4, 0.5) is 0 Å². The Balaban J connectivity index is 1.96. The number of hydrogen-bond acceptors (Lipinski definition) is 4. The molecule has 1 heterocycles. The van der Waals surface area contributed by atoms with Crippen molar-refractivity contribution in [2.45, 2.75) is 39.5 Å². The minimum Gasteiger partial charge on any atom is -0.486 e. The first-order chi connectivity index (χ1) is 9.24. The van der Waals surface area contributed by atoms with Crippen molar-refractivity contribution in [2.75, 3.05) is 0 Å². The molecule has 2 aromatic rings. The number of nitrogens with zero attached hydrogens (tertiary/aromatic N) is 3. The normalized spacial score (nSPS) is 12.4. The topological polar surface area (TPSA) is 60.2 Å². The summed E-state index contributed by atoms with van der Waals surface area (Å²) in [7, 11) is 0. The van der Waals surface area contributed by atoms with E-state index in [2.05, 4.69) is 10.1 Å². The molecule has 1 atom stereocenters. The lowest BCUT2D eigenvalue weighted by atomic mass is 10.1. The number of rotatable bonds is 6. The molecule has 0 saturated heterocycles. The van der Waals surface area contributed by atoms with E-state index in [1.54, 1.807) is 4.68 Å². The minimum absolute atomic E-state index is 0.392. The maximum absolute atomic E-state index is 9.71. The van der Waals surface area contributed by atoms with E-state index in [9.17, 15) is 5.11 Å². The quantitative estimate of drug-likeness (QED) is 0.867. The Bertz CT molecular complexity index is 508. The fraction of sp³-hybridized carbons (Fsp3) is 0.429. The Kier molecular flexibility index (Phi) is 4.52. The van der Waals surface area contributed by atoms with Gasteiger partial charge in [0.2, 0.25) is 0 Å². The van der Waals surface area contributed by atoms with Crippen molar-refractivity contribution in [3.63, 3.8) is 0 Å². The summed E-state index contributed by atoms with van der Waals surface area (Å²) in [6.07, 6.45) is 1.83. The number of aliphatic hydroxyl groups excluding tert-OH is 1. The van der Waals surface area contributed by atoms with E-state index in [-0.39, 0.29) is 0 Å². The lowest BCUT2D eigenvalue weighted by molar-refractivity contribution is 0.173. The summed E-state index contributed by atoms with van der Waals surface area (Å²) >= 11 is 0. The van der Waals surface area contributed by atoms with Gasteiger partial charge in [-0.3, -0.25) is 0 Å². The second-order valence-electron chi connectivity index (χ2n) is 4.27. The van der Waals surface area contributed by atoms with Gasteiger partial charge in [-0.05, 0) is 31.0 Å². The molecule has 5 nitrogen and oxygen atoms in total. The molecular formula is C14H19N3O2. The van der Waals surface area contributed by atoms with E-state index in [4.69, 9.17) is 4.74 Å². The molecule has 0 saturated carbocycles. The van der Waals surface area contributed by atoms with Gasteiger partial charge in [0, 0.05) is 6.54 Å². The molecule has 0 aliphatic heterocycles. The van der Waals surface area contributed by atoms with Crippen LogP contribution in [0.5, 0.6) is 5.75 Å². The maximum Gasteiger partial charge on any atom is 0.164 e. The zero-order valence-electron chi connectivity index (χ0n) is 11.3. The van der Waals surface area contributed by atoms with Crippen LogP contribution in [-0.4, -0.2) is 19.9 Å². The average molecular weight is 261 g/mol. The first-order valence-corrected chi connectivity index (χ1v) is 6.52. The molecule has 1 aromatic carbocycles. The van der Waals surface area contributed by atoms with Gasteiger partial charge in [-0.1, -0.05) is 19.1 Å². The number of aliphatic hydroxyl groups is 1. The van der Waals surface area contributed by atoms with Crippen LogP contribution in [0.25, 0.3) is 0 Å². The Morgan fingerprint density at radius 1 is 1.26 bits per heavy atom. The van der Waals surface area contributed by atoms with E-state index >= 15 is 0 Å². The molecule has 0 fully saturated rings. The van der Waals surface area contributed by atoms with Crippen LogP contribution in [0.2, 0.25) is 0 Å². The molecule has 0 aliphatic rings. The molecule has 5 heteroatoms. The number of ether oxygens (including phenoxy) is 1. The summed E-state index contributed by atoms with van der Waals surface area (Å²) in [5, 5.41) is 13.8. The largest absolute Gasteiger partial charge is 0.486 e. The van der Waals surface area contributed by atoms with Gasteiger partial charge < -0.3 is 9.84 Å². The SMILES string of the molecule is CCC(O)c1ccc(OCc2ncnn2CC)cc1. The van der Waals surface area contributed by atoms with Crippen molar-refractivity contribution in [1.82, 2.24) is 14.8 Å². The number of hydrogen-bond donors (Lipinski definition) is 1. The van der Waals surface area contributed by atoms with Crippen molar-refractivity contribution in [1.29, 1.82) is 0 Å². The van der Waals surface area contributed by atoms with E-state index in [0.29, 0.717) is 13.0 Å². The summed E-state index contributed by atoms with van der Waals surface area (Å²) in [5.41, 5.74) is 0.909. The predicted octanol–water partition coefficient (Wildman–Crippen LogP) is 2.32. The van der Waals surface area contributed by atoms with Gasteiger partial charge in [0.15, 0.2) is 5.82 Å². The zero-order chi connectivity index (χ0) is 13.7. The monoisotopic (exact) mass is 261 g/mol. The molecule has 0 spiro atoms. The molecule has 0 bridgehead atoms. The summed E-state index contributed by atoms with van der Waals surface area (Å²) in [6.45, 7) is 5.13. The van der Waals surface area contributed by atoms with Crippen molar-refractivity contribution >= 4 is 0 Å². The number of benzene rings is 1. The van der Waals surface area contributed by atoms with Gasteiger partial charge in [0.1, 0.15) is 18.7 Å². The second kappa shape index (κ2) is 6.33. The third-order valence-corrected chi connectivity index (χ3v) is 3.01. The van der Waals surface area contributed by atoms with Crippen LogP contribution in [0, 0.1) is 0 Å². The fourth-order valence-electron chi connectivity index (χ4n) is 1.83. The highest BCUT2D eigenvalue weighted by Crippen LogP contribution is 2.20. The summed E-state index contributed by atoms with van der Waals surface area (Å²) in [5.74, 6) is 1.57. The molecule has 0 radical (unpaired) electrons. The first kappa shape index (κ1) is 13.5. The Labute approximate surface area is 112 Å². The zero-order valence-corrected chi connectivity index (χ0v) is 11.3. The molecular weight excluding hydrogens is 242 g/mol. The summed E-state index contributed by atoms with van der Waals surface area (Å²) < 4.78 is 7.46. The highest BCUT2D eigenvalue weighted by molar-refractivity contribution is 5.28. The van der Waals surface area contributed by atoms with Crippen molar-refractivity contribution in [3.05, 3.63) is 42.0 Å². The van der Waals surface area contributed by atoms with Gasteiger partial charge in [-0.2, -0.15) is 5.10 Å². The molecule has 2 rings (SSSR count).